The Morgan fingerprint density at radius 2 is 2.21 bits per heavy atom. The second kappa shape index (κ2) is 5.15. The predicted molar refractivity (Wildman–Crippen MR) is 75.8 cm³/mol. The van der Waals surface area contributed by atoms with Crippen LogP contribution in [0.1, 0.15) is 39.8 Å². The van der Waals surface area contributed by atoms with Crippen molar-refractivity contribution in [3.8, 4) is 0 Å². The van der Waals surface area contributed by atoms with Gasteiger partial charge in [0.05, 0.1) is 22.9 Å². The van der Waals surface area contributed by atoms with E-state index >= 15 is 0 Å². The Morgan fingerprint density at radius 3 is 2.84 bits per heavy atom. The van der Waals surface area contributed by atoms with Crippen LogP contribution in [0, 0.1) is 0 Å². The number of aryl methyl sites for hydroxylation is 1. The number of aromatic nitrogens is 2. The first-order valence-electron chi connectivity index (χ1n) is 6.48. The van der Waals surface area contributed by atoms with E-state index < -0.39 is 5.60 Å². The maximum absolute atomic E-state index is 12.3. The van der Waals surface area contributed by atoms with Crippen molar-refractivity contribution in [2.45, 2.75) is 58.8 Å². The van der Waals surface area contributed by atoms with E-state index in [0.717, 1.165) is 23.1 Å². The van der Waals surface area contributed by atoms with Crippen LogP contribution < -0.4 is 0 Å². The summed E-state index contributed by atoms with van der Waals surface area (Å²) in [6.07, 6.45) is 2.39. The fourth-order valence-electron chi connectivity index (χ4n) is 2.08. The van der Waals surface area contributed by atoms with Crippen LogP contribution in [0.2, 0.25) is 0 Å². The van der Waals surface area contributed by atoms with Crippen LogP contribution in [0.5, 0.6) is 0 Å². The van der Waals surface area contributed by atoms with Gasteiger partial charge in [0, 0.05) is 12.6 Å². The van der Waals surface area contributed by atoms with Gasteiger partial charge in [0.2, 0.25) is 0 Å². The summed E-state index contributed by atoms with van der Waals surface area (Å²) < 4.78 is 8.37. The summed E-state index contributed by atoms with van der Waals surface area (Å²) in [4.78, 5) is 14.1. The SMILES string of the molecule is C[C@H]1CCn2ncc(Br)c2CN1C(=O)OC(C)(C)C. The molecule has 0 spiro atoms. The third kappa shape index (κ3) is 3.29. The summed E-state index contributed by atoms with van der Waals surface area (Å²) >= 11 is 3.48. The average molecular weight is 330 g/mol. The summed E-state index contributed by atoms with van der Waals surface area (Å²) in [5, 5.41) is 4.31. The normalized spacial score (nSPS) is 19.8. The minimum absolute atomic E-state index is 0.142. The zero-order valence-electron chi connectivity index (χ0n) is 11.8. The molecule has 5 nitrogen and oxygen atoms in total. The molecule has 2 heterocycles. The van der Waals surface area contributed by atoms with Crippen molar-refractivity contribution >= 4 is 22.0 Å². The van der Waals surface area contributed by atoms with Crippen molar-refractivity contribution in [1.29, 1.82) is 0 Å². The van der Waals surface area contributed by atoms with E-state index in [1.54, 1.807) is 11.1 Å². The molecule has 1 aliphatic rings. The van der Waals surface area contributed by atoms with Gasteiger partial charge in [-0.2, -0.15) is 5.10 Å². The van der Waals surface area contributed by atoms with E-state index in [1.807, 2.05) is 32.4 Å². The molecule has 1 aliphatic heterocycles. The van der Waals surface area contributed by atoms with E-state index in [0.29, 0.717) is 6.54 Å². The Labute approximate surface area is 122 Å². The summed E-state index contributed by atoms with van der Waals surface area (Å²) in [6.45, 7) is 9.04. The van der Waals surface area contributed by atoms with E-state index in [-0.39, 0.29) is 12.1 Å². The fraction of sp³-hybridized carbons (Fsp3) is 0.692. The zero-order chi connectivity index (χ0) is 14.2. The third-order valence-electron chi connectivity index (χ3n) is 3.14. The fourth-order valence-corrected chi connectivity index (χ4v) is 2.51. The number of halogens is 1. The maximum atomic E-state index is 12.3. The molecule has 0 radical (unpaired) electrons. The Kier molecular flexibility index (Phi) is 3.90. The van der Waals surface area contributed by atoms with E-state index in [2.05, 4.69) is 21.0 Å². The molecule has 106 valence electrons. The first kappa shape index (κ1) is 14.4. The molecule has 0 N–H and O–H groups in total. The summed E-state index contributed by atoms with van der Waals surface area (Å²) in [5.41, 5.74) is 0.552. The molecular formula is C13H20BrN3O2. The highest BCUT2D eigenvalue weighted by Gasteiger charge is 2.30. The zero-order valence-corrected chi connectivity index (χ0v) is 13.4. The number of ether oxygens (including phenoxy) is 1. The van der Waals surface area contributed by atoms with Crippen molar-refractivity contribution in [3.05, 3.63) is 16.4 Å². The number of carbonyl (C=O) groups excluding carboxylic acids is 1. The molecule has 0 aliphatic carbocycles. The molecule has 0 saturated heterocycles. The van der Waals surface area contributed by atoms with E-state index in [4.69, 9.17) is 4.74 Å². The van der Waals surface area contributed by atoms with Gasteiger partial charge in [0.1, 0.15) is 5.60 Å². The lowest BCUT2D eigenvalue weighted by Crippen LogP contribution is -2.41. The van der Waals surface area contributed by atoms with Crippen LogP contribution in [0.4, 0.5) is 4.79 Å². The van der Waals surface area contributed by atoms with E-state index in [9.17, 15) is 4.79 Å². The second-order valence-electron chi connectivity index (χ2n) is 5.91. The van der Waals surface area contributed by atoms with Crippen molar-refractivity contribution in [1.82, 2.24) is 14.7 Å². The Morgan fingerprint density at radius 1 is 1.53 bits per heavy atom. The number of amides is 1. The third-order valence-corrected chi connectivity index (χ3v) is 3.80. The summed E-state index contributed by atoms with van der Waals surface area (Å²) in [6, 6.07) is 0.142. The first-order chi connectivity index (χ1) is 8.78. The molecule has 1 atom stereocenters. The highest BCUT2D eigenvalue weighted by Crippen LogP contribution is 2.25. The number of rotatable bonds is 0. The van der Waals surface area contributed by atoms with Crippen LogP contribution >= 0.6 is 15.9 Å². The molecule has 19 heavy (non-hydrogen) atoms. The van der Waals surface area contributed by atoms with Crippen molar-refractivity contribution in [2.24, 2.45) is 0 Å². The topological polar surface area (TPSA) is 47.4 Å². The molecule has 0 aromatic carbocycles. The summed E-state index contributed by atoms with van der Waals surface area (Å²) in [7, 11) is 0. The van der Waals surface area contributed by atoms with Crippen LogP contribution in [-0.2, 0) is 17.8 Å². The minimum Gasteiger partial charge on any atom is -0.444 e. The molecule has 6 heteroatoms. The molecule has 1 amide bonds. The summed E-state index contributed by atoms with van der Waals surface area (Å²) in [5.74, 6) is 0. The van der Waals surface area contributed by atoms with Gasteiger partial charge >= 0.3 is 6.09 Å². The average Bonchev–Trinajstić information content (AvgIpc) is 2.51. The molecule has 1 aromatic rings. The molecule has 0 bridgehead atoms. The van der Waals surface area contributed by atoms with Gasteiger partial charge in [-0.25, -0.2) is 4.79 Å². The molecule has 0 fully saturated rings. The smallest absolute Gasteiger partial charge is 0.410 e. The quantitative estimate of drug-likeness (QED) is 0.734. The number of fused-ring (bicyclic) bond motifs is 1. The van der Waals surface area contributed by atoms with Gasteiger partial charge in [-0.1, -0.05) is 0 Å². The Hall–Kier alpha value is -1.04. The maximum Gasteiger partial charge on any atom is 0.410 e. The standard InChI is InChI=1S/C13H20BrN3O2/c1-9-5-6-17-11(10(14)7-15-17)8-16(9)12(18)19-13(2,3)4/h7,9H,5-6,8H2,1-4H3/t9-/m0/s1. The van der Waals surface area contributed by atoms with Crippen LogP contribution in [0.3, 0.4) is 0 Å². The number of nitrogens with zero attached hydrogens (tertiary/aromatic N) is 3. The van der Waals surface area contributed by atoms with Crippen LogP contribution in [-0.4, -0.2) is 32.4 Å². The highest BCUT2D eigenvalue weighted by atomic mass is 79.9. The second-order valence-corrected chi connectivity index (χ2v) is 6.76. The number of hydrogen-bond acceptors (Lipinski definition) is 3. The molecule has 2 rings (SSSR count). The van der Waals surface area contributed by atoms with Crippen LogP contribution in [0.15, 0.2) is 10.7 Å². The van der Waals surface area contributed by atoms with Gasteiger partial charge in [-0.3, -0.25) is 9.58 Å². The van der Waals surface area contributed by atoms with Gasteiger partial charge in [-0.05, 0) is 50.0 Å². The Bertz CT molecular complexity index is 479. The lowest BCUT2D eigenvalue weighted by molar-refractivity contribution is 0.0156. The highest BCUT2D eigenvalue weighted by molar-refractivity contribution is 9.10. The van der Waals surface area contributed by atoms with Crippen molar-refractivity contribution in [2.75, 3.05) is 0 Å². The molecule has 0 saturated carbocycles. The predicted octanol–water partition coefficient (Wildman–Crippen LogP) is 3.17. The minimum atomic E-state index is -0.472. The first-order valence-corrected chi connectivity index (χ1v) is 7.27. The van der Waals surface area contributed by atoms with E-state index in [1.165, 1.54) is 0 Å². The molecule has 0 unspecified atom stereocenters. The molecule has 1 aromatic heterocycles. The lowest BCUT2D eigenvalue weighted by atomic mass is 10.2. The van der Waals surface area contributed by atoms with Gasteiger partial charge < -0.3 is 4.74 Å². The van der Waals surface area contributed by atoms with Crippen molar-refractivity contribution in [3.63, 3.8) is 0 Å². The monoisotopic (exact) mass is 329 g/mol. The van der Waals surface area contributed by atoms with Gasteiger partial charge in [-0.15, -0.1) is 0 Å². The lowest BCUT2D eigenvalue weighted by Gasteiger charge is -2.30. The number of carbonyl (C=O) groups is 1. The van der Waals surface area contributed by atoms with Crippen LogP contribution in [0.25, 0.3) is 0 Å². The van der Waals surface area contributed by atoms with Gasteiger partial charge in [0.15, 0.2) is 0 Å². The Balaban J connectivity index is 2.20. The van der Waals surface area contributed by atoms with Gasteiger partial charge in [0.25, 0.3) is 0 Å². The number of hydrogen-bond donors (Lipinski definition) is 0. The largest absolute Gasteiger partial charge is 0.444 e. The molecular weight excluding hydrogens is 310 g/mol. The van der Waals surface area contributed by atoms with Crippen molar-refractivity contribution < 1.29 is 9.53 Å².